The van der Waals surface area contributed by atoms with E-state index in [1.54, 1.807) is 0 Å². The summed E-state index contributed by atoms with van der Waals surface area (Å²) in [6.45, 7) is -2.37. The fourth-order valence-electron chi connectivity index (χ4n) is 2.07. The SMILES string of the molecule is O=C(O)C1CCN(C(=O)Nc2ccc(OC(F)F)cc2)C1. The minimum atomic E-state index is -2.90. The summed E-state index contributed by atoms with van der Waals surface area (Å²) < 4.78 is 28.2. The molecule has 0 radical (unpaired) electrons. The second-order valence-corrected chi connectivity index (χ2v) is 4.60. The van der Waals surface area contributed by atoms with Crippen LogP contribution in [0.3, 0.4) is 0 Å². The number of anilines is 1. The average molecular weight is 300 g/mol. The number of rotatable bonds is 4. The summed E-state index contributed by atoms with van der Waals surface area (Å²) >= 11 is 0. The smallest absolute Gasteiger partial charge is 0.387 e. The molecule has 0 saturated carbocycles. The van der Waals surface area contributed by atoms with Gasteiger partial charge in [0.2, 0.25) is 0 Å². The summed E-state index contributed by atoms with van der Waals surface area (Å²) in [7, 11) is 0. The quantitative estimate of drug-likeness (QED) is 0.893. The van der Waals surface area contributed by atoms with Crippen molar-refractivity contribution in [3.63, 3.8) is 0 Å². The number of likely N-dealkylation sites (tertiary alicyclic amines) is 1. The minimum absolute atomic E-state index is 0.00453. The second-order valence-electron chi connectivity index (χ2n) is 4.60. The third-order valence-electron chi connectivity index (χ3n) is 3.16. The highest BCUT2D eigenvalue weighted by Crippen LogP contribution is 2.20. The number of carboxylic acids is 1. The number of nitrogens with zero attached hydrogens (tertiary/aromatic N) is 1. The van der Waals surface area contributed by atoms with Crippen LogP contribution in [0.25, 0.3) is 0 Å². The molecular formula is C13H14F2N2O4. The predicted octanol–water partition coefficient (Wildman–Crippen LogP) is 2.23. The molecule has 1 aromatic carbocycles. The van der Waals surface area contributed by atoms with Crippen LogP contribution in [0, 0.1) is 5.92 Å². The molecule has 0 aliphatic carbocycles. The molecule has 0 spiro atoms. The third-order valence-corrected chi connectivity index (χ3v) is 3.16. The second kappa shape index (κ2) is 6.38. The van der Waals surface area contributed by atoms with Crippen LogP contribution >= 0.6 is 0 Å². The van der Waals surface area contributed by atoms with Crippen molar-refractivity contribution < 1.29 is 28.2 Å². The number of hydrogen-bond donors (Lipinski definition) is 2. The zero-order valence-corrected chi connectivity index (χ0v) is 11.0. The van der Waals surface area contributed by atoms with E-state index in [4.69, 9.17) is 5.11 Å². The van der Waals surface area contributed by atoms with Gasteiger partial charge < -0.3 is 20.1 Å². The number of alkyl halides is 2. The number of ether oxygens (including phenoxy) is 1. The summed E-state index contributed by atoms with van der Waals surface area (Å²) in [6, 6.07) is 5.07. The Balaban J connectivity index is 1.89. The number of carbonyl (C=O) groups excluding carboxylic acids is 1. The molecule has 2 N–H and O–H groups in total. The van der Waals surface area contributed by atoms with Crippen molar-refractivity contribution in [1.82, 2.24) is 4.90 Å². The number of amides is 2. The predicted molar refractivity (Wildman–Crippen MR) is 69.4 cm³/mol. The molecule has 1 aliphatic rings. The molecule has 1 fully saturated rings. The van der Waals surface area contributed by atoms with Gasteiger partial charge in [-0.25, -0.2) is 4.79 Å². The van der Waals surface area contributed by atoms with Gasteiger partial charge in [0.1, 0.15) is 5.75 Å². The molecule has 1 aliphatic heterocycles. The lowest BCUT2D eigenvalue weighted by Crippen LogP contribution is -2.33. The van der Waals surface area contributed by atoms with E-state index in [-0.39, 0.29) is 12.3 Å². The van der Waals surface area contributed by atoms with Crippen LogP contribution in [0.15, 0.2) is 24.3 Å². The van der Waals surface area contributed by atoms with E-state index < -0.39 is 24.5 Å². The first-order valence-corrected chi connectivity index (χ1v) is 6.29. The first-order valence-electron chi connectivity index (χ1n) is 6.29. The molecule has 1 aromatic rings. The van der Waals surface area contributed by atoms with Crippen molar-refractivity contribution in [2.45, 2.75) is 13.0 Å². The van der Waals surface area contributed by atoms with Crippen LogP contribution in [0.1, 0.15) is 6.42 Å². The van der Waals surface area contributed by atoms with E-state index in [9.17, 15) is 18.4 Å². The van der Waals surface area contributed by atoms with Crippen LogP contribution < -0.4 is 10.1 Å². The Hall–Kier alpha value is -2.38. The first kappa shape index (κ1) is 15.0. The van der Waals surface area contributed by atoms with Gasteiger partial charge in [-0.1, -0.05) is 0 Å². The van der Waals surface area contributed by atoms with Crippen LogP contribution in [-0.2, 0) is 4.79 Å². The molecular weight excluding hydrogens is 286 g/mol. The Morgan fingerprint density at radius 1 is 1.33 bits per heavy atom. The maximum atomic E-state index is 12.0. The molecule has 0 bridgehead atoms. The number of benzene rings is 1. The summed E-state index contributed by atoms with van der Waals surface area (Å²) in [5.41, 5.74) is 0.417. The number of aliphatic carboxylic acids is 1. The van der Waals surface area contributed by atoms with Gasteiger partial charge in [-0.3, -0.25) is 4.79 Å². The van der Waals surface area contributed by atoms with E-state index in [1.165, 1.54) is 29.2 Å². The van der Waals surface area contributed by atoms with Gasteiger partial charge in [0.25, 0.3) is 0 Å². The number of carbonyl (C=O) groups is 2. The van der Waals surface area contributed by atoms with E-state index >= 15 is 0 Å². The highest BCUT2D eigenvalue weighted by molar-refractivity contribution is 5.90. The molecule has 2 amide bonds. The summed E-state index contributed by atoms with van der Waals surface area (Å²) in [4.78, 5) is 24.1. The van der Waals surface area contributed by atoms with E-state index in [1.807, 2.05) is 0 Å². The Morgan fingerprint density at radius 2 is 2.00 bits per heavy atom. The Bertz CT molecular complexity index is 521. The average Bonchev–Trinajstić information content (AvgIpc) is 2.90. The standard InChI is InChI=1S/C13H14F2N2O4/c14-12(15)21-10-3-1-9(2-4-10)16-13(20)17-6-5-8(7-17)11(18)19/h1-4,8,12H,5-7H2,(H,16,20)(H,18,19). The normalized spacial score (nSPS) is 17.9. The third kappa shape index (κ3) is 4.04. The molecule has 0 aromatic heterocycles. The minimum Gasteiger partial charge on any atom is -0.481 e. The van der Waals surface area contributed by atoms with Crippen molar-refractivity contribution in [1.29, 1.82) is 0 Å². The lowest BCUT2D eigenvalue weighted by atomic mass is 10.1. The molecule has 1 saturated heterocycles. The Labute approximate surface area is 119 Å². The number of hydrogen-bond acceptors (Lipinski definition) is 3. The first-order chi connectivity index (χ1) is 9.95. The molecule has 1 atom stereocenters. The highest BCUT2D eigenvalue weighted by Gasteiger charge is 2.30. The topological polar surface area (TPSA) is 78.9 Å². The van der Waals surface area contributed by atoms with Gasteiger partial charge in [-0.2, -0.15) is 8.78 Å². The van der Waals surface area contributed by atoms with Crippen LogP contribution in [0.5, 0.6) is 5.75 Å². The lowest BCUT2D eigenvalue weighted by molar-refractivity contribution is -0.141. The van der Waals surface area contributed by atoms with E-state index in [0.717, 1.165) is 0 Å². The molecule has 1 heterocycles. The van der Waals surface area contributed by atoms with Gasteiger partial charge in [-0.15, -0.1) is 0 Å². The van der Waals surface area contributed by atoms with Gasteiger partial charge in [0, 0.05) is 18.8 Å². The van der Waals surface area contributed by atoms with Crippen LogP contribution in [0.4, 0.5) is 19.3 Å². The molecule has 6 nitrogen and oxygen atoms in total. The lowest BCUT2D eigenvalue weighted by Gasteiger charge is -2.16. The number of halogens is 2. The summed E-state index contributed by atoms with van der Waals surface area (Å²) in [5.74, 6) is -1.47. The highest BCUT2D eigenvalue weighted by atomic mass is 19.3. The van der Waals surface area contributed by atoms with Gasteiger partial charge in [-0.05, 0) is 30.7 Å². The van der Waals surface area contributed by atoms with Crippen molar-refractivity contribution in [3.05, 3.63) is 24.3 Å². The van der Waals surface area contributed by atoms with Gasteiger partial charge >= 0.3 is 18.6 Å². The fourth-order valence-corrected chi connectivity index (χ4v) is 2.07. The maximum Gasteiger partial charge on any atom is 0.387 e. The van der Waals surface area contributed by atoms with Crippen molar-refractivity contribution in [2.75, 3.05) is 18.4 Å². The van der Waals surface area contributed by atoms with Gasteiger partial charge in [0.15, 0.2) is 0 Å². The Kier molecular flexibility index (Phi) is 4.56. The fraction of sp³-hybridized carbons (Fsp3) is 0.385. The monoisotopic (exact) mass is 300 g/mol. The molecule has 114 valence electrons. The zero-order chi connectivity index (χ0) is 15.4. The molecule has 2 rings (SSSR count). The number of urea groups is 1. The van der Waals surface area contributed by atoms with Crippen molar-refractivity contribution >= 4 is 17.7 Å². The number of nitrogens with one attached hydrogen (secondary N) is 1. The zero-order valence-electron chi connectivity index (χ0n) is 11.0. The number of carboxylic acid groups (broad SMARTS) is 1. The van der Waals surface area contributed by atoms with E-state index in [2.05, 4.69) is 10.1 Å². The largest absolute Gasteiger partial charge is 0.481 e. The Morgan fingerprint density at radius 3 is 2.52 bits per heavy atom. The molecule has 21 heavy (non-hydrogen) atoms. The molecule has 1 unspecified atom stereocenters. The molecule has 8 heteroatoms. The van der Waals surface area contributed by atoms with Crippen LogP contribution in [0.2, 0.25) is 0 Å². The van der Waals surface area contributed by atoms with Crippen molar-refractivity contribution in [2.24, 2.45) is 5.92 Å². The summed E-state index contributed by atoms with van der Waals surface area (Å²) in [5, 5.41) is 11.4. The van der Waals surface area contributed by atoms with E-state index in [0.29, 0.717) is 18.7 Å². The van der Waals surface area contributed by atoms with Crippen LogP contribution in [-0.4, -0.2) is 41.7 Å². The summed E-state index contributed by atoms with van der Waals surface area (Å²) in [6.07, 6.45) is 0.421. The van der Waals surface area contributed by atoms with Crippen molar-refractivity contribution in [3.8, 4) is 5.75 Å². The van der Waals surface area contributed by atoms with Gasteiger partial charge in [0.05, 0.1) is 5.92 Å². The maximum absolute atomic E-state index is 12.0.